The molecule has 1 N–H and O–H groups in total. The standard InChI is InChI=1S/C17H33N3O/c1-5-18-16(19-11-17(3)12-21-13-17)20(4)10-15-8-6-14(2)7-9-15/h14-15H,5-13H2,1-4H3,(H,18,19). The van der Waals surface area contributed by atoms with E-state index >= 15 is 0 Å². The number of aliphatic imine (C=N–C) groups is 1. The van der Waals surface area contributed by atoms with Crippen molar-refractivity contribution >= 4 is 5.96 Å². The second kappa shape index (κ2) is 7.48. The predicted molar refractivity (Wildman–Crippen MR) is 88.7 cm³/mol. The van der Waals surface area contributed by atoms with Crippen LogP contribution in [0.5, 0.6) is 0 Å². The molecule has 4 heteroatoms. The summed E-state index contributed by atoms with van der Waals surface area (Å²) < 4.78 is 5.32. The van der Waals surface area contributed by atoms with Crippen molar-refractivity contribution < 1.29 is 4.74 Å². The van der Waals surface area contributed by atoms with E-state index in [0.717, 1.165) is 50.6 Å². The first-order chi connectivity index (χ1) is 10.0. The van der Waals surface area contributed by atoms with E-state index in [4.69, 9.17) is 9.73 Å². The highest BCUT2D eigenvalue weighted by Crippen LogP contribution is 2.29. The van der Waals surface area contributed by atoms with E-state index in [2.05, 4.69) is 38.0 Å². The average molecular weight is 295 g/mol. The molecule has 1 saturated heterocycles. The Morgan fingerprint density at radius 3 is 2.48 bits per heavy atom. The zero-order chi connectivity index (χ0) is 15.3. The molecule has 1 aliphatic heterocycles. The van der Waals surface area contributed by atoms with Crippen LogP contribution in [0.15, 0.2) is 4.99 Å². The molecule has 1 heterocycles. The summed E-state index contributed by atoms with van der Waals surface area (Å²) in [6.45, 7) is 11.4. The third-order valence-corrected chi connectivity index (χ3v) is 4.88. The SMILES string of the molecule is CCNC(=NCC1(C)COC1)N(C)CC1CCC(C)CC1. The van der Waals surface area contributed by atoms with Gasteiger partial charge in [0.05, 0.1) is 19.8 Å². The first kappa shape index (κ1) is 16.6. The van der Waals surface area contributed by atoms with Gasteiger partial charge in [0, 0.05) is 25.6 Å². The predicted octanol–water partition coefficient (Wildman–Crippen LogP) is 2.75. The van der Waals surface area contributed by atoms with Gasteiger partial charge in [0.15, 0.2) is 5.96 Å². The van der Waals surface area contributed by atoms with Crippen molar-refractivity contribution in [3.05, 3.63) is 0 Å². The lowest BCUT2D eigenvalue weighted by Gasteiger charge is -2.37. The molecular weight excluding hydrogens is 262 g/mol. The molecule has 0 spiro atoms. The van der Waals surface area contributed by atoms with Gasteiger partial charge in [0.2, 0.25) is 0 Å². The van der Waals surface area contributed by atoms with Crippen LogP contribution in [0.4, 0.5) is 0 Å². The van der Waals surface area contributed by atoms with E-state index in [1.165, 1.54) is 25.7 Å². The van der Waals surface area contributed by atoms with Crippen LogP contribution in [0.2, 0.25) is 0 Å². The van der Waals surface area contributed by atoms with E-state index < -0.39 is 0 Å². The van der Waals surface area contributed by atoms with Gasteiger partial charge in [-0.2, -0.15) is 0 Å². The summed E-state index contributed by atoms with van der Waals surface area (Å²) in [6, 6.07) is 0. The van der Waals surface area contributed by atoms with Crippen LogP contribution in [-0.4, -0.2) is 50.8 Å². The number of hydrogen-bond donors (Lipinski definition) is 1. The molecule has 0 bridgehead atoms. The smallest absolute Gasteiger partial charge is 0.193 e. The van der Waals surface area contributed by atoms with E-state index in [-0.39, 0.29) is 5.41 Å². The molecule has 0 unspecified atom stereocenters. The molecular formula is C17H33N3O. The van der Waals surface area contributed by atoms with Gasteiger partial charge in [0.1, 0.15) is 0 Å². The van der Waals surface area contributed by atoms with Crippen LogP contribution >= 0.6 is 0 Å². The van der Waals surface area contributed by atoms with Gasteiger partial charge in [-0.25, -0.2) is 0 Å². The maximum absolute atomic E-state index is 5.32. The summed E-state index contributed by atoms with van der Waals surface area (Å²) in [4.78, 5) is 7.17. The summed E-state index contributed by atoms with van der Waals surface area (Å²) in [7, 11) is 2.18. The fourth-order valence-electron chi connectivity index (χ4n) is 3.26. The maximum Gasteiger partial charge on any atom is 0.193 e. The molecule has 0 aromatic carbocycles. The Labute approximate surface area is 130 Å². The van der Waals surface area contributed by atoms with Gasteiger partial charge < -0.3 is 15.0 Å². The van der Waals surface area contributed by atoms with E-state index in [1.54, 1.807) is 0 Å². The Morgan fingerprint density at radius 1 is 1.29 bits per heavy atom. The number of rotatable bonds is 5. The quantitative estimate of drug-likeness (QED) is 0.626. The molecule has 4 nitrogen and oxygen atoms in total. The van der Waals surface area contributed by atoms with Crippen molar-refractivity contribution in [1.82, 2.24) is 10.2 Å². The third kappa shape index (κ3) is 4.87. The van der Waals surface area contributed by atoms with Gasteiger partial charge in [-0.3, -0.25) is 4.99 Å². The van der Waals surface area contributed by atoms with Crippen LogP contribution in [0.3, 0.4) is 0 Å². The molecule has 2 rings (SSSR count). The fourth-order valence-corrected chi connectivity index (χ4v) is 3.26. The average Bonchev–Trinajstić information content (AvgIpc) is 2.43. The molecule has 2 fully saturated rings. The fraction of sp³-hybridized carbons (Fsp3) is 0.941. The number of ether oxygens (including phenoxy) is 1. The zero-order valence-corrected chi connectivity index (χ0v) is 14.3. The van der Waals surface area contributed by atoms with Crippen LogP contribution in [0.1, 0.15) is 46.5 Å². The minimum atomic E-state index is 0.252. The molecule has 21 heavy (non-hydrogen) atoms. The molecule has 0 atom stereocenters. The van der Waals surface area contributed by atoms with E-state index in [9.17, 15) is 0 Å². The normalized spacial score (nSPS) is 28.9. The first-order valence-electron chi connectivity index (χ1n) is 8.59. The monoisotopic (exact) mass is 295 g/mol. The van der Waals surface area contributed by atoms with Crippen LogP contribution < -0.4 is 5.32 Å². The highest BCUT2D eigenvalue weighted by molar-refractivity contribution is 5.79. The molecule has 0 radical (unpaired) electrons. The number of hydrogen-bond acceptors (Lipinski definition) is 2. The van der Waals surface area contributed by atoms with Crippen molar-refractivity contribution in [1.29, 1.82) is 0 Å². The molecule has 0 aromatic rings. The van der Waals surface area contributed by atoms with Gasteiger partial charge in [-0.05, 0) is 31.6 Å². The van der Waals surface area contributed by atoms with Gasteiger partial charge in [-0.1, -0.05) is 26.7 Å². The lowest BCUT2D eigenvalue weighted by molar-refractivity contribution is -0.0946. The molecule has 1 aliphatic carbocycles. The number of nitrogens with zero attached hydrogens (tertiary/aromatic N) is 2. The Balaban J connectivity index is 1.85. The van der Waals surface area contributed by atoms with Crippen molar-refractivity contribution in [2.45, 2.75) is 46.5 Å². The summed E-state index contributed by atoms with van der Waals surface area (Å²) in [5, 5.41) is 3.44. The lowest BCUT2D eigenvalue weighted by atomic mass is 9.83. The van der Waals surface area contributed by atoms with Crippen LogP contribution in [-0.2, 0) is 4.74 Å². The number of nitrogens with one attached hydrogen (secondary N) is 1. The molecule has 2 aliphatic rings. The highest BCUT2D eigenvalue weighted by atomic mass is 16.5. The van der Waals surface area contributed by atoms with Gasteiger partial charge in [0.25, 0.3) is 0 Å². The van der Waals surface area contributed by atoms with Crippen molar-refractivity contribution in [3.8, 4) is 0 Å². The minimum Gasteiger partial charge on any atom is -0.380 e. The summed E-state index contributed by atoms with van der Waals surface area (Å²) >= 11 is 0. The second-order valence-electron chi connectivity index (χ2n) is 7.48. The highest BCUT2D eigenvalue weighted by Gasteiger charge is 2.33. The molecule has 1 saturated carbocycles. The topological polar surface area (TPSA) is 36.9 Å². The van der Waals surface area contributed by atoms with Crippen LogP contribution in [0, 0.1) is 17.3 Å². The van der Waals surface area contributed by atoms with Crippen molar-refractivity contribution in [2.24, 2.45) is 22.2 Å². The van der Waals surface area contributed by atoms with E-state index in [1.807, 2.05) is 0 Å². The lowest BCUT2D eigenvalue weighted by Crippen LogP contribution is -2.45. The molecule has 122 valence electrons. The number of guanidine groups is 1. The Hall–Kier alpha value is -0.770. The summed E-state index contributed by atoms with van der Waals surface area (Å²) in [6.07, 6.45) is 5.52. The van der Waals surface area contributed by atoms with Crippen molar-refractivity contribution in [2.75, 3.05) is 39.9 Å². The Bertz CT molecular complexity index is 344. The minimum absolute atomic E-state index is 0.252. The second-order valence-corrected chi connectivity index (χ2v) is 7.48. The Morgan fingerprint density at radius 2 is 1.95 bits per heavy atom. The largest absolute Gasteiger partial charge is 0.380 e. The molecule has 0 amide bonds. The third-order valence-electron chi connectivity index (χ3n) is 4.88. The van der Waals surface area contributed by atoms with Gasteiger partial charge in [-0.15, -0.1) is 0 Å². The molecule has 0 aromatic heterocycles. The van der Waals surface area contributed by atoms with Crippen LogP contribution in [0.25, 0.3) is 0 Å². The van der Waals surface area contributed by atoms with Gasteiger partial charge >= 0.3 is 0 Å². The maximum atomic E-state index is 5.32. The summed E-state index contributed by atoms with van der Waals surface area (Å²) in [5.74, 6) is 2.81. The zero-order valence-electron chi connectivity index (χ0n) is 14.3. The van der Waals surface area contributed by atoms with Crippen molar-refractivity contribution in [3.63, 3.8) is 0 Å². The first-order valence-corrected chi connectivity index (χ1v) is 8.59. The van der Waals surface area contributed by atoms with E-state index in [0.29, 0.717) is 0 Å². The Kier molecular flexibility index (Phi) is 5.91. The summed E-state index contributed by atoms with van der Waals surface area (Å²) in [5.41, 5.74) is 0.252.